The number of hydrogen-bond donors (Lipinski definition) is 0. The van der Waals surface area contributed by atoms with Gasteiger partial charge in [0.05, 0.1) is 6.04 Å². The van der Waals surface area contributed by atoms with Crippen LogP contribution in [0.4, 0.5) is 0 Å². The molecule has 8 heteroatoms. The fourth-order valence-corrected chi connectivity index (χ4v) is 3.21. The van der Waals surface area contributed by atoms with Gasteiger partial charge in [0, 0.05) is 5.69 Å². The highest BCUT2D eigenvalue weighted by Crippen LogP contribution is 2.32. The Labute approximate surface area is 120 Å². The third kappa shape index (κ3) is 2.63. The van der Waals surface area contributed by atoms with Crippen LogP contribution in [0.3, 0.4) is 0 Å². The number of nitrogens with zero attached hydrogens (tertiary/aromatic N) is 7. The Balaban J connectivity index is 1.86. The fourth-order valence-electron chi connectivity index (χ4n) is 2.36. The summed E-state index contributed by atoms with van der Waals surface area (Å²) in [5, 5.41) is 22.0. The molecule has 0 saturated heterocycles. The monoisotopic (exact) mass is 287 g/mol. The number of nitriles is 1. The van der Waals surface area contributed by atoms with Gasteiger partial charge in [0.15, 0.2) is 5.16 Å². The average molecular weight is 287 g/mol. The van der Waals surface area contributed by atoms with Crippen molar-refractivity contribution in [3.05, 3.63) is 17.5 Å². The number of aromatic nitrogens is 6. The second-order valence-corrected chi connectivity index (χ2v) is 5.67. The molecule has 1 aliphatic carbocycles. The molecule has 102 valence electrons. The van der Waals surface area contributed by atoms with Crippen LogP contribution in [-0.4, -0.2) is 30.2 Å². The van der Waals surface area contributed by atoms with Crippen molar-refractivity contribution in [3.8, 4) is 6.07 Å². The van der Waals surface area contributed by atoms with Gasteiger partial charge in [-0.1, -0.05) is 12.8 Å². The largest absolute Gasteiger partial charge is 0.227 e. The van der Waals surface area contributed by atoms with E-state index >= 15 is 0 Å². The molecule has 20 heavy (non-hydrogen) atoms. The Morgan fingerprint density at radius 2 is 2.15 bits per heavy atom. The summed E-state index contributed by atoms with van der Waals surface area (Å²) >= 11 is 1.30. The molecule has 7 nitrogen and oxygen atoms in total. The van der Waals surface area contributed by atoms with E-state index < -0.39 is 0 Å². The molecule has 1 aliphatic rings. The van der Waals surface area contributed by atoms with Crippen molar-refractivity contribution in [1.29, 1.82) is 5.26 Å². The van der Waals surface area contributed by atoms with Crippen LogP contribution in [0.1, 0.15) is 43.1 Å². The number of hydrogen-bond acceptors (Lipinski definition) is 7. The normalized spacial score (nSPS) is 15.4. The van der Waals surface area contributed by atoms with Gasteiger partial charge in [-0.2, -0.15) is 5.26 Å². The minimum atomic E-state index is 0.361. The maximum atomic E-state index is 8.94. The molecule has 0 radical (unpaired) electrons. The first-order chi connectivity index (χ1) is 9.76. The van der Waals surface area contributed by atoms with Crippen LogP contribution >= 0.6 is 11.8 Å². The molecule has 1 saturated carbocycles. The second-order valence-electron chi connectivity index (χ2n) is 4.74. The van der Waals surface area contributed by atoms with Crippen LogP contribution in [0.5, 0.6) is 0 Å². The zero-order chi connectivity index (χ0) is 13.9. The predicted octanol–water partition coefficient (Wildman–Crippen LogP) is 1.91. The lowest BCUT2D eigenvalue weighted by Crippen LogP contribution is -2.08. The maximum Gasteiger partial charge on any atom is 0.217 e. The van der Waals surface area contributed by atoms with Gasteiger partial charge in [-0.3, -0.25) is 0 Å². The van der Waals surface area contributed by atoms with E-state index in [1.807, 2.05) is 17.7 Å². The van der Waals surface area contributed by atoms with Crippen LogP contribution in [0.15, 0.2) is 16.4 Å². The van der Waals surface area contributed by atoms with Gasteiger partial charge in [-0.15, -0.1) is 5.10 Å². The third-order valence-electron chi connectivity index (χ3n) is 3.26. The van der Waals surface area contributed by atoms with Crippen LogP contribution in [-0.2, 0) is 0 Å². The SMILES string of the molecule is Cc1cc(C#N)nc(Sc2nnnn2C2CCCC2)n1. The quantitative estimate of drug-likeness (QED) is 0.796. The zero-order valence-electron chi connectivity index (χ0n) is 11.0. The molecule has 1 fully saturated rings. The summed E-state index contributed by atoms with van der Waals surface area (Å²) in [4.78, 5) is 8.49. The lowest BCUT2D eigenvalue weighted by Gasteiger charge is -2.10. The van der Waals surface area contributed by atoms with Crippen molar-refractivity contribution in [1.82, 2.24) is 30.2 Å². The average Bonchev–Trinajstić information content (AvgIpc) is 3.08. The topological polar surface area (TPSA) is 93.2 Å². The van der Waals surface area contributed by atoms with Crippen molar-refractivity contribution in [2.75, 3.05) is 0 Å². The molecule has 2 aromatic heterocycles. The Kier molecular flexibility index (Phi) is 3.60. The first kappa shape index (κ1) is 13.0. The summed E-state index contributed by atoms with van der Waals surface area (Å²) < 4.78 is 1.86. The number of tetrazole rings is 1. The predicted molar refractivity (Wildman–Crippen MR) is 70.9 cm³/mol. The van der Waals surface area contributed by atoms with E-state index in [9.17, 15) is 0 Å². The van der Waals surface area contributed by atoms with E-state index in [4.69, 9.17) is 5.26 Å². The minimum absolute atomic E-state index is 0.361. The van der Waals surface area contributed by atoms with E-state index in [1.54, 1.807) is 6.07 Å². The highest BCUT2D eigenvalue weighted by molar-refractivity contribution is 7.99. The fraction of sp³-hybridized carbons (Fsp3) is 0.500. The van der Waals surface area contributed by atoms with Gasteiger partial charge in [0.25, 0.3) is 0 Å². The highest BCUT2D eigenvalue weighted by Gasteiger charge is 2.22. The number of aryl methyl sites for hydroxylation is 1. The molecule has 0 bridgehead atoms. The molecule has 0 spiro atoms. The first-order valence-corrected chi connectivity index (χ1v) is 7.29. The molecule has 0 aromatic carbocycles. The van der Waals surface area contributed by atoms with Gasteiger partial charge in [-0.05, 0) is 48.0 Å². The summed E-state index contributed by atoms with van der Waals surface area (Å²) in [5.74, 6) is 0. The summed E-state index contributed by atoms with van der Waals surface area (Å²) in [7, 11) is 0. The van der Waals surface area contributed by atoms with Crippen molar-refractivity contribution in [2.45, 2.75) is 49.0 Å². The molecule has 0 atom stereocenters. The smallest absolute Gasteiger partial charge is 0.217 e. The number of rotatable bonds is 3. The summed E-state index contributed by atoms with van der Waals surface area (Å²) in [5.41, 5.74) is 1.12. The molecule has 0 aliphatic heterocycles. The van der Waals surface area contributed by atoms with Crippen molar-refractivity contribution >= 4 is 11.8 Å². The first-order valence-electron chi connectivity index (χ1n) is 6.48. The Morgan fingerprint density at radius 1 is 1.35 bits per heavy atom. The van der Waals surface area contributed by atoms with Gasteiger partial charge in [-0.25, -0.2) is 14.6 Å². The van der Waals surface area contributed by atoms with E-state index in [0.29, 0.717) is 22.0 Å². The van der Waals surface area contributed by atoms with E-state index in [2.05, 4.69) is 25.5 Å². The van der Waals surface area contributed by atoms with Crippen molar-refractivity contribution in [2.24, 2.45) is 0 Å². The molecule has 3 rings (SSSR count). The molecular formula is C12H13N7S. The zero-order valence-corrected chi connectivity index (χ0v) is 11.8. The van der Waals surface area contributed by atoms with Gasteiger partial charge in [0.1, 0.15) is 11.8 Å². The Morgan fingerprint density at radius 3 is 2.90 bits per heavy atom. The molecule has 2 aromatic rings. The summed E-state index contributed by atoms with van der Waals surface area (Å²) in [6.45, 7) is 1.84. The molecule has 0 unspecified atom stereocenters. The van der Waals surface area contributed by atoms with Crippen LogP contribution in [0, 0.1) is 18.3 Å². The second kappa shape index (κ2) is 5.54. The van der Waals surface area contributed by atoms with E-state index in [0.717, 1.165) is 18.5 Å². The standard InChI is InChI=1S/C12H13N7S/c1-8-6-9(7-13)15-11(14-8)20-12-16-17-18-19(12)10-4-2-3-5-10/h6,10H,2-5H2,1H3. The maximum absolute atomic E-state index is 8.94. The van der Waals surface area contributed by atoms with Gasteiger partial charge in [0.2, 0.25) is 5.16 Å². The Hall–Kier alpha value is -2.01. The lowest BCUT2D eigenvalue weighted by atomic mass is 10.3. The van der Waals surface area contributed by atoms with Crippen LogP contribution in [0.2, 0.25) is 0 Å². The van der Waals surface area contributed by atoms with Gasteiger partial charge >= 0.3 is 0 Å². The van der Waals surface area contributed by atoms with Crippen LogP contribution in [0.25, 0.3) is 0 Å². The van der Waals surface area contributed by atoms with Crippen molar-refractivity contribution < 1.29 is 0 Å². The minimum Gasteiger partial charge on any atom is -0.227 e. The van der Waals surface area contributed by atoms with E-state index in [-0.39, 0.29) is 0 Å². The van der Waals surface area contributed by atoms with Crippen LogP contribution < -0.4 is 0 Å². The highest BCUT2D eigenvalue weighted by atomic mass is 32.2. The van der Waals surface area contributed by atoms with E-state index in [1.165, 1.54) is 24.6 Å². The lowest BCUT2D eigenvalue weighted by molar-refractivity contribution is 0.423. The van der Waals surface area contributed by atoms with Crippen molar-refractivity contribution in [3.63, 3.8) is 0 Å². The molecule has 2 heterocycles. The van der Waals surface area contributed by atoms with Gasteiger partial charge < -0.3 is 0 Å². The molecule has 0 amide bonds. The summed E-state index contributed by atoms with van der Waals surface area (Å²) in [6, 6.07) is 4.06. The third-order valence-corrected chi connectivity index (χ3v) is 4.08. The Bertz CT molecular complexity index is 654. The summed E-state index contributed by atoms with van der Waals surface area (Å²) in [6.07, 6.45) is 4.65. The molecular weight excluding hydrogens is 274 g/mol. The molecule has 0 N–H and O–H groups in total.